The zero-order valence-corrected chi connectivity index (χ0v) is 15.6. The van der Waals surface area contributed by atoms with Crippen LogP contribution in [0.25, 0.3) is 16.9 Å². The summed E-state index contributed by atoms with van der Waals surface area (Å²) in [7, 11) is 0. The van der Waals surface area contributed by atoms with Crippen LogP contribution in [-0.4, -0.2) is 26.1 Å². The lowest BCUT2D eigenvalue weighted by atomic mass is 9.96. The van der Waals surface area contributed by atoms with Crippen molar-refractivity contribution < 1.29 is 14.3 Å². The van der Waals surface area contributed by atoms with Crippen LogP contribution < -0.4 is 0 Å². The Labute approximate surface area is 167 Å². The van der Waals surface area contributed by atoms with Gasteiger partial charge in [-0.2, -0.15) is 5.10 Å². The summed E-state index contributed by atoms with van der Waals surface area (Å²) in [6, 6.07) is 19.9. The van der Waals surface area contributed by atoms with Gasteiger partial charge in [-0.15, -0.1) is 0 Å². The van der Waals surface area contributed by atoms with Crippen LogP contribution in [-0.2, 0) is 12.8 Å². The van der Waals surface area contributed by atoms with Gasteiger partial charge in [-0.25, -0.2) is 4.98 Å². The summed E-state index contributed by atoms with van der Waals surface area (Å²) in [5.74, 6) is -0.485. The third kappa shape index (κ3) is 4.16. The molecule has 0 amide bonds. The van der Waals surface area contributed by atoms with Crippen LogP contribution in [0.5, 0.6) is 0 Å². The monoisotopic (exact) mass is 385 g/mol. The average Bonchev–Trinajstić information content (AvgIpc) is 3.44. The van der Waals surface area contributed by atoms with E-state index in [4.69, 9.17) is 4.42 Å². The number of ketones is 1. The molecule has 0 aliphatic carbocycles. The number of rotatable bonds is 7. The molecule has 0 radical (unpaired) electrons. The number of aromatic amines is 1. The lowest BCUT2D eigenvalue weighted by molar-refractivity contribution is 0.102. The number of carbonyl (C=O) groups is 1. The lowest BCUT2D eigenvalue weighted by Gasteiger charge is -2.06. The van der Waals surface area contributed by atoms with Crippen LogP contribution in [0.1, 0.15) is 27.5 Å². The van der Waals surface area contributed by atoms with E-state index in [0.29, 0.717) is 6.42 Å². The molecule has 6 nitrogen and oxygen atoms in total. The van der Waals surface area contributed by atoms with Gasteiger partial charge in [-0.1, -0.05) is 60.7 Å². The van der Waals surface area contributed by atoms with Gasteiger partial charge in [0.2, 0.25) is 11.6 Å². The molecule has 0 atom stereocenters. The molecule has 4 aromatic rings. The van der Waals surface area contributed by atoms with Crippen molar-refractivity contribution in [3.05, 3.63) is 102 Å². The predicted octanol–water partition coefficient (Wildman–Crippen LogP) is 4.63. The molecule has 0 unspecified atom stereocenters. The first-order valence-corrected chi connectivity index (χ1v) is 9.23. The molecule has 0 spiro atoms. The second-order valence-corrected chi connectivity index (χ2v) is 6.53. The van der Waals surface area contributed by atoms with Crippen molar-refractivity contribution in [2.24, 2.45) is 0 Å². The second kappa shape index (κ2) is 8.39. The molecule has 4 rings (SSSR count). The standard InChI is InChI=1S/C23H19N3O3/c27-20(13-21(28)23-24-15-25-26-23)22-18(12-11-16-7-3-1-4-8-16)19(14-29-22)17-9-5-2-6-10-17/h1-10,13-15,28H,11-12H2,(H,24,25,26). The average molecular weight is 385 g/mol. The van der Waals surface area contributed by atoms with Gasteiger partial charge in [0.1, 0.15) is 6.33 Å². The first-order chi connectivity index (χ1) is 14.2. The van der Waals surface area contributed by atoms with Gasteiger partial charge in [-0.3, -0.25) is 9.89 Å². The molecule has 0 saturated heterocycles. The number of hydrogen-bond donors (Lipinski definition) is 2. The summed E-state index contributed by atoms with van der Waals surface area (Å²) in [5.41, 5.74) is 3.82. The predicted molar refractivity (Wildman–Crippen MR) is 109 cm³/mol. The number of allylic oxidation sites excluding steroid dienone is 1. The molecule has 144 valence electrons. The molecule has 0 fully saturated rings. The molecule has 2 N–H and O–H groups in total. The number of aliphatic hydroxyl groups excluding tert-OH is 1. The Morgan fingerprint density at radius 3 is 2.45 bits per heavy atom. The van der Waals surface area contributed by atoms with Crippen LogP contribution in [0, 0.1) is 0 Å². The quantitative estimate of drug-likeness (QED) is 0.275. The fourth-order valence-electron chi connectivity index (χ4n) is 3.20. The number of nitrogens with zero attached hydrogens (tertiary/aromatic N) is 2. The third-order valence-corrected chi connectivity index (χ3v) is 4.62. The Balaban J connectivity index is 1.68. The van der Waals surface area contributed by atoms with Crippen LogP contribution in [0.3, 0.4) is 0 Å². The molecule has 0 bridgehead atoms. The van der Waals surface area contributed by atoms with Crippen LogP contribution >= 0.6 is 0 Å². The second-order valence-electron chi connectivity index (χ2n) is 6.53. The Morgan fingerprint density at radius 2 is 1.76 bits per heavy atom. The number of nitrogens with one attached hydrogen (secondary N) is 1. The highest BCUT2D eigenvalue weighted by Crippen LogP contribution is 2.30. The van der Waals surface area contributed by atoms with Crippen molar-refractivity contribution in [2.75, 3.05) is 0 Å². The van der Waals surface area contributed by atoms with E-state index in [1.165, 1.54) is 11.9 Å². The molecule has 0 saturated carbocycles. The number of carbonyl (C=O) groups excluding carboxylic acids is 1. The normalized spacial score (nSPS) is 11.5. The van der Waals surface area contributed by atoms with Crippen molar-refractivity contribution in [1.29, 1.82) is 0 Å². The molecule has 0 aliphatic heterocycles. The van der Waals surface area contributed by atoms with Gasteiger partial charge >= 0.3 is 0 Å². The third-order valence-electron chi connectivity index (χ3n) is 4.62. The first-order valence-electron chi connectivity index (χ1n) is 9.23. The van der Waals surface area contributed by atoms with Gasteiger partial charge in [0.25, 0.3) is 0 Å². The highest BCUT2D eigenvalue weighted by atomic mass is 16.3. The van der Waals surface area contributed by atoms with Crippen molar-refractivity contribution in [3.8, 4) is 11.1 Å². The Hall–Kier alpha value is -3.93. The maximum atomic E-state index is 12.8. The van der Waals surface area contributed by atoms with E-state index >= 15 is 0 Å². The summed E-state index contributed by atoms with van der Waals surface area (Å²) < 4.78 is 5.66. The maximum Gasteiger partial charge on any atom is 0.225 e. The van der Waals surface area contributed by atoms with Gasteiger partial charge in [0.05, 0.1) is 6.26 Å². The topological polar surface area (TPSA) is 92.0 Å². The SMILES string of the molecule is O=C(C=C(O)c1nc[nH]n1)c1occ(-c2ccccc2)c1CCc1ccccc1. The Bertz CT molecular complexity index is 1110. The van der Waals surface area contributed by atoms with Gasteiger partial charge < -0.3 is 9.52 Å². The molecule has 6 heteroatoms. The Morgan fingerprint density at radius 1 is 1.03 bits per heavy atom. The summed E-state index contributed by atoms with van der Waals surface area (Å²) in [6.45, 7) is 0. The molecular weight excluding hydrogens is 366 g/mol. The van der Waals surface area contributed by atoms with Crippen LogP contribution in [0.15, 0.2) is 83.7 Å². The van der Waals surface area contributed by atoms with Crippen molar-refractivity contribution in [3.63, 3.8) is 0 Å². The minimum Gasteiger partial charge on any atom is -0.504 e. The van der Waals surface area contributed by atoms with E-state index in [0.717, 1.165) is 29.2 Å². The van der Waals surface area contributed by atoms with E-state index in [1.807, 2.05) is 48.5 Å². The fraction of sp³-hybridized carbons (Fsp3) is 0.0870. The molecule has 2 aromatic carbocycles. The van der Waals surface area contributed by atoms with E-state index < -0.39 is 5.78 Å². The van der Waals surface area contributed by atoms with E-state index in [-0.39, 0.29) is 17.3 Å². The summed E-state index contributed by atoms with van der Waals surface area (Å²) in [5, 5.41) is 16.4. The van der Waals surface area contributed by atoms with Crippen molar-refractivity contribution in [1.82, 2.24) is 15.2 Å². The number of benzene rings is 2. The zero-order valence-electron chi connectivity index (χ0n) is 15.6. The Kier molecular flexibility index (Phi) is 5.33. The number of aromatic nitrogens is 3. The smallest absolute Gasteiger partial charge is 0.225 e. The number of furan rings is 1. The van der Waals surface area contributed by atoms with E-state index in [1.54, 1.807) is 6.26 Å². The van der Waals surface area contributed by atoms with Gasteiger partial charge in [-0.05, 0) is 24.0 Å². The molecule has 2 aromatic heterocycles. The van der Waals surface area contributed by atoms with Gasteiger partial charge in [0.15, 0.2) is 11.5 Å². The highest BCUT2D eigenvalue weighted by molar-refractivity contribution is 6.07. The first kappa shape index (κ1) is 18.4. The van der Waals surface area contributed by atoms with Crippen molar-refractivity contribution >= 4 is 11.5 Å². The number of H-pyrrole nitrogens is 1. The summed E-state index contributed by atoms with van der Waals surface area (Å²) in [6.07, 6.45) is 5.40. The molecule has 29 heavy (non-hydrogen) atoms. The van der Waals surface area contributed by atoms with Crippen LogP contribution in [0.4, 0.5) is 0 Å². The minimum atomic E-state index is -0.433. The lowest BCUT2D eigenvalue weighted by Crippen LogP contribution is -2.02. The number of aryl methyl sites for hydroxylation is 1. The van der Waals surface area contributed by atoms with E-state index in [2.05, 4.69) is 27.3 Å². The summed E-state index contributed by atoms with van der Waals surface area (Å²) in [4.78, 5) is 16.7. The summed E-state index contributed by atoms with van der Waals surface area (Å²) >= 11 is 0. The number of hydrogen-bond acceptors (Lipinski definition) is 5. The fourth-order valence-corrected chi connectivity index (χ4v) is 3.20. The molecular formula is C23H19N3O3. The highest BCUT2D eigenvalue weighted by Gasteiger charge is 2.21. The zero-order chi connectivity index (χ0) is 20.1. The number of aliphatic hydroxyl groups is 1. The van der Waals surface area contributed by atoms with Gasteiger partial charge in [0, 0.05) is 17.2 Å². The maximum absolute atomic E-state index is 12.8. The largest absolute Gasteiger partial charge is 0.504 e. The minimum absolute atomic E-state index is 0.0547. The van der Waals surface area contributed by atoms with Crippen molar-refractivity contribution in [2.45, 2.75) is 12.8 Å². The molecule has 0 aliphatic rings. The molecule has 2 heterocycles. The van der Waals surface area contributed by atoms with Crippen LogP contribution in [0.2, 0.25) is 0 Å². The van der Waals surface area contributed by atoms with E-state index in [9.17, 15) is 9.90 Å².